The third-order valence-corrected chi connectivity index (χ3v) is 1.92. The van der Waals surface area contributed by atoms with E-state index >= 15 is 0 Å². The maximum Gasteiger partial charge on any atom is 0.121 e. The van der Waals surface area contributed by atoms with Gasteiger partial charge in [0, 0.05) is 19.0 Å². The summed E-state index contributed by atoms with van der Waals surface area (Å²) in [4.78, 5) is 0. The molecule has 0 spiro atoms. The van der Waals surface area contributed by atoms with Crippen molar-refractivity contribution in [3.63, 3.8) is 0 Å². The van der Waals surface area contributed by atoms with Crippen LogP contribution in [0.1, 0.15) is 11.6 Å². The van der Waals surface area contributed by atoms with Gasteiger partial charge in [0.2, 0.25) is 0 Å². The maximum absolute atomic E-state index is 5.06. The van der Waals surface area contributed by atoms with Gasteiger partial charge in [-0.1, -0.05) is 0 Å². The number of hydrogen-bond acceptors (Lipinski definition) is 3. The Morgan fingerprint density at radius 2 is 2.55 bits per heavy atom. The first-order chi connectivity index (χ1) is 5.40. The topological polar surface area (TPSA) is 49.9 Å². The predicted octanol–water partition coefficient (Wildman–Crippen LogP) is 0.565. The SMILES string of the molecule is CNc1cc(C2COC2)n[nH]1. The molecule has 1 fully saturated rings. The number of H-pyrrole nitrogens is 1. The Balaban J connectivity index is 2.11. The molecule has 60 valence electrons. The molecular formula is C7H11N3O. The lowest BCUT2D eigenvalue weighted by Crippen LogP contribution is -2.25. The van der Waals surface area contributed by atoms with Crippen LogP contribution in [0.5, 0.6) is 0 Å². The molecule has 0 atom stereocenters. The summed E-state index contributed by atoms with van der Waals surface area (Å²) in [6, 6.07) is 2.02. The average molecular weight is 153 g/mol. The van der Waals surface area contributed by atoms with Crippen LogP contribution in [-0.2, 0) is 4.74 Å². The monoisotopic (exact) mass is 153 g/mol. The van der Waals surface area contributed by atoms with Gasteiger partial charge in [-0.15, -0.1) is 0 Å². The van der Waals surface area contributed by atoms with Crippen LogP contribution in [0.3, 0.4) is 0 Å². The molecule has 0 bridgehead atoms. The van der Waals surface area contributed by atoms with E-state index in [0.29, 0.717) is 5.92 Å². The second-order valence-electron chi connectivity index (χ2n) is 2.69. The van der Waals surface area contributed by atoms with Gasteiger partial charge >= 0.3 is 0 Å². The molecule has 0 amide bonds. The molecule has 2 N–H and O–H groups in total. The van der Waals surface area contributed by atoms with Crippen molar-refractivity contribution in [2.24, 2.45) is 0 Å². The van der Waals surface area contributed by atoms with Gasteiger partial charge in [0.25, 0.3) is 0 Å². The largest absolute Gasteiger partial charge is 0.380 e. The van der Waals surface area contributed by atoms with Gasteiger partial charge in [-0.3, -0.25) is 5.10 Å². The standard InChI is InChI=1S/C7H11N3O/c1-8-7-2-6(9-10-7)5-3-11-4-5/h2,5H,3-4H2,1H3,(H2,8,9,10). The summed E-state index contributed by atoms with van der Waals surface area (Å²) in [5.41, 5.74) is 1.10. The van der Waals surface area contributed by atoms with Crippen LogP contribution >= 0.6 is 0 Å². The Bertz CT molecular complexity index is 242. The smallest absolute Gasteiger partial charge is 0.121 e. The van der Waals surface area contributed by atoms with E-state index in [1.807, 2.05) is 13.1 Å². The summed E-state index contributed by atoms with van der Waals surface area (Å²) < 4.78 is 5.06. The second-order valence-corrected chi connectivity index (χ2v) is 2.69. The fraction of sp³-hybridized carbons (Fsp3) is 0.571. The zero-order chi connectivity index (χ0) is 7.68. The lowest BCUT2D eigenvalue weighted by atomic mass is 10.1. The molecule has 0 radical (unpaired) electrons. The van der Waals surface area contributed by atoms with Gasteiger partial charge in [0.15, 0.2) is 0 Å². The summed E-state index contributed by atoms with van der Waals surface area (Å²) in [7, 11) is 1.87. The van der Waals surface area contributed by atoms with E-state index in [-0.39, 0.29) is 0 Å². The van der Waals surface area contributed by atoms with Crippen LogP contribution in [0.15, 0.2) is 6.07 Å². The van der Waals surface area contributed by atoms with Crippen LogP contribution in [-0.4, -0.2) is 30.5 Å². The molecule has 1 aromatic rings. The molecule has 4 nitrogen and oxygen atoms in total. The van der Waals surface area contributed by atoms with Gasteiger partial charge in [-0.05, 0) is 0 Å². The number of aromatic nitrogens is 2. The average Bonchev–Trinajstić information content (AvgIpc) is 2.32. The zero-order valence-corrected chi connectivity index (χ0v) is 6.42. The first kappa shape index (κ1) is 6.67. The van der Waals surface area contributed by atoms with Crippen molar-refractivity contribution in [2.45, 2.75) is 5.92 Å². The molecule has 1 aliphatic heterocycles. The minimum Gasteiger partial charge on any atom is -0.380 e. The highest BCUT2D eigenvalue weighted by molar-refractivity contribution is 5.35. The number of rotatable bonds is 2. The van der Waals surface area contributed by atoms with Crippen molar-refractivity contribution in [1.29, 1.82) is 0 Å². The zero-order valence-electron chi connectivity index (χ0n) is 6.42. The molecule has 1 aliphatic rings. The van der Waals surface area contributed by atoms with Crippen LogP contribution in [0, 0.1) is 0 Å². The van der Waals surface area contributed by atoms with E-state index in [9.17, 15) is 0 Å². The van der Waals surface area contributed by atoms with Gasteiger partial charge in [-0.2, -0.15) is 5.10 Å². The predicted molar refractivity (Wildman–Crippen MR) is 41.7 cm³/mol. The number of aromatic amines is 1. The lowest BCUT2D eigenvalue weighted by Gasteiger charge is -2.23. The number of nitrogens with zero attached hydrogens (tertiary/aromatic N) is 1. The second kappa shape index (κ2) is 2.54. The van der Waals surface area contributed by atoms with E-state index in [0.717, 1.165) is 24.7 Å². The normalized spacial score (nSPS) is 17.9. The van der Waals surface area contributed by atoms with E-state index in [1.165, 1.54) is 0 Å². The Morgan fingerprint density at radius 3 is 3.00 bits per heavy atom. The van der Waals surface area contributed by atoms with Crippen LogP contribution in [0.2, 0.25) is 0 Å². The van der Waals surface area contributed by atoms with E-state index in [1.54, 1.807) is 0 Å². The fourth-order valence-electron chi connectivity index (χ4n) is 1.08. The quantitative estimate of drug-likeness (QED) is 0.653. The first-order valence-electron chi connectivity index (χ1n) is 3.71. The highest BCUT2D eigenvalue weighted by atomic mass is 16.5. The summed E-state index contributed by atoms with van der Waals surface area (Å²) in [5, 5.41) is 10.0. The Kier molecular flexibility index (Phi) is 1.54. The summed E-state index contributed by atoms with van der Waals surface area (Å²) in [5.74, 6) is 1.47. The molecule has 0 saturated carbocycles. The number of nitrogens with one attached hydrogen (secondary N) is 2. The lowest BCUT2D eigenvalue weighted by molar-refractivity contribution is 0.00670. The van der Waals surface area contributed by atoms with Crippen molar-refractivity contribution >= 4 is 5.82 Å². The summed E-state index contributed by atoms with van der Waals surface area (Å²) in [6.45, 7) is 1.63. The Morgan fingerprint density at radius 1 is 1.73 bits per heavy atom. The fourth-order valence-corrected chi connectivity index (χ4v) is 1.08. The van der Waals surface area contributed by atoms with E-state index in [2.05, 4.69) is 15.5 Å². The minimum atomic E-state index is 0.508. The van der Waals surface area contributed by atoms with Crippen molar-refractivity contribution in [1.82, 2.24) is 10.2 Å². The Labute approximate surface area is 64.9 Å². The van der Waals surface area contributed by atoms with Crippen LogP contribution in [0.25, 0.3) is 0 Å². The summed E-state index contributed by atoms with van der Waals surface area (Å²) in [6.07, 6.45) is 0. The van der Waals surface area contributed by atoms with Crippen molar-refractivity contribution in [3.8, 4) is 0 Å². The highest BCUT2D eigenvalue weighted by Gasteiger charge is 2.22. The third-order valence-electron chi connectivity index (χ3n) is 1.92. The molecule has 0 aliphatic carbocycles. The summed E-state index contributed by atoms with van der Waals surface area (Å²) >= 11 is 0. The molecule has 0 unspecified atom stereocenters. The van der Waals surface area contributed by atoms with Crippen LogP contribution in [0.4, 0.5) is 5.82 Å². The minimum absolute atomic E-state index is 0.508. The van der Waals surface area contributed by atoms with E-state index < -0.39 is 0 Å². The first-order valence-corrected chi connectivity index (χ1v) is 3.71. The Hall–Kier alpha value is -1.03. The van der Waals surface area contributed by atoms with Gasteiger partial charge < -0.3 is 10.1 Å². The number of anilines is 1. The molecule has 11 heavy (non-hydrogen) atoms. The van der Waals surface area contributed by atoms with Crippen molar-refractivity contribution in [3.05, 3.63) is 11.8 Å². The molecule has 4 heteroatoms. The number of hydrogen-bond donors (Lipinski definition) is 2. The molecule has 2 rings (SSSR count). The molecule has 1 aromatic heterocycles. The molecular weight excluding hydrogens is 142 g/mol. The van der Waals surface area contributed by atoms with Gasteiger partial charge in [0.1, 0.15) is 5.82 Å². The van der Waals surface area contributed by atoms with Crippen molar-refractivity contribution in [2.75, 3.05) is 25.6 Å². The van der Waals surface area contributed by atoms with Crippen molar-refractivity contribution < 1.29 is 4.74 Å². The maximum atomic E-state index is 5.06. The van der Waals surface area contributed by atoms with Gasteiger partial charge in [0.05, 0.1) is 18.9 Å². The van der Waals surface area contributed by atoms with E-state index in [4.69, 9.17) is 4.74 Å². The number of ether oxygens (including phenoxy) is 1. The molecule has 2 heterocycles. The van der Waals surface area contributed by atoms with Gasteiger partial charge in [-0.25, -0.2) is 0 Å². The molecule has 0 aromatic carbocycles. The van der Waals surface area contributed by atoms with Crippen LogP contribution < -0.4 is 5.32 Å². The highest BCUT2D eigenvalue weighted by Crippen LogP contribution is 2.23. The third kappa shape index (κ3) is 1.09. The molecule has 1 saturated heterocycles.